The van der Waals surface area contributed by atoms with Gasteiger partial charge < -0.3 is 10.4 Å². The first kappa shape index (κ1) is 23.8. The van der Waals surface area contributed by atoms with Gasteiger partial charge in [-0.25, -0.2) is 18.9 Å². The third-order valence-electron chi connectivity index (χ3n) is 4.56. The van der Waals surface area contributed by atoms with Gasteiger partial charge >= 0.3 is 12.1 Å². The van der Waals surface area contributed by atoms with Crippen LogP contribution in [-0.2, 0) is 11.0 Å². The van der Waals surface area contributed by atoms with Gasteiger partial charge in [0.25, 0.3) is 0 Å². The largest absolute Gasteiger partial charge is 0.478 e. The molecule has 4 rings (SSSR count). The molecule has 0 amide bonds. The van der Waals surface area contributed by atoms with E-state index in [0.717, 1.165) is 23.0 Å². The zero-order chi connectivity index (χ0) is 25.2. The molecule has 0 saturated carbocycles. The number of hydrogen-bond donors (Lipinski definition) is 2. The van der Waals surface area contributed by atoms with Crippen molar-refractivity contribution in [2.75, 3.05) is 5.32 Å². The first-order valence-electron chi connectivity index (χ1n) is 9.68. The second-order valence-corrected chi connectivity index (χ2v) is 7.44. The van der Waals surface area contributed by atoms with Crippen LogP contribution in [0.5, 0.6) is 0 Å². The summed E-state index contributed by atoms with van der Waals surface area (Å²) in [7, 11) is 0. The summed E-state index contributed by atoms with van der Waals surface area (Å²) < 4.78 is 53.9. The van der Waals surface area contributed by atoms with Gasteiger partial charge in [-0.3, -0.25) is 4.98 Å². The Morgan fingerprint density at radius 1 is 1.14 bits per heavy atom. The Morgan fingerprint density at radius 3 is 2.63 bits per heavy atom. The Hall–Kier alpha value is -4.32. The molecule has 0 fully saturated rings. The fourth-order valence-corrected chi connectivity index (χ4v) is 3.14. The molecule has 0 bridgehead atoms. The van der Waals surface area contributed by atoms with Crippen molar-refractivity contribution in [3.05, 3.63) is 83.3 Å². The van der Waals surface area contributed by atoms with E-state index in [2.05, 4.69) is 25.4 Å². The van der Waals surface area contributed by atoms with E-state index in [4.69, 9.17) is 16.7 Å². The zero-order valence-corrected chi connectivity index (χ0v) is 18.1. The summed E-state index contributed by atoms with van der Waals surface area (Å²) in [6.45, 7) is 0. The van der Waals surface area contributed by atoms with Crippen molar-refractivity contribution in [3.63, 3.8) is 0 Å². The Morgan fingerprint density at radius 2 is 1.94 bits per heavy atom. The number of anilines is 2. The molecular weight excluding hydrogens is 492 g/mol. The molecule has 13 heteroatoms. The van der Waals surface area contributed by atoms with E-state index >= 15 is 0 Å². The molecule has 0 aliphatic carbocycles. The van der Waals surface area contributed by atoms with Gasteiger partial charge in [0, 0.05) is 47.7 Å². The third-order valence-corrected chi connectivity index (χ3v) is 4.85. The lowest BCUT2D eigenvalue weighted by atomic mass is 10.1. The molecule has 0 spiro atoms. The maximum atomic E-state index is 13.5. The van der Waals surface area contributed by atoms with Crippen molar-refractivity contribution in [1.82, 2.24) is 24.7 Å². The first-order chi connectivity index (χ1) is 16.6. The summed E-state index contributed by atoms with van der Waals surface area (Å²) in [5.41, 5.74) is 0.443. The second kappa shape index (κ2) is 9.50. The summed E-state index contributed by atoms with van der Waals surface area (Å²) >= 11 is 5.79. The molecule has 0 radical (unpaired) electrons. The number of nitrogens with one attached hydrogen (secondary N) is 1. The Kier molecular flexibility index (Phi) is 6.47. The van der Waals surface area contributed by atoms with Gasteiger partial charge in [-0.15, -0.1) is 0 Å². The highest BCUT2D eigenvalue weighted by Gasteiger charge is 2.32. The van der Waals surface area contributed by atoms with Crippen molar-refractivity contribution in [1.29, 1.82) is 0 Å². The summed E-state index contributed by atoms with van der Waals surface area (Å²) in [6, 6.07) is 5.38. The van der Waals surface area contributed by atoms with Crippen LogP contribution in [0.1, 0.15) is 11.1 Å². The van der Waals surface area contributed by atoms with E-state index in [-0.39, 0.29) is 22.4 Å². The van der Waals surface area contributed by atoms with Crippen molar-refractivity contribution < 1.29 is 27.5 Å². The molecule has 178 valence electrons. The quantitative estimate of drug-likeness (QED) is 0.268. The van der Waals surface area contributed by atoms with Gasteiger partial charge in [0.2, 0.25) is 5.95 Å². The highest BCUT2D eigenvalue weighted by Crippen LogP contribution is 2.32. The number of alkyl halides is 3. The predicted molar refractivity (Wildman–Crippen MR) is 119 cm³/mol. The minimum Gasteiger partial charge on any atom is -0.478 e. The van der Waals surface area contributed by atoms with Crippen molar-refractivity contribution in [2.45, 2.75) is 6.18 Å². The van der Waals surface area contributed by atoms with Crippen LogP contribution in [0.2, 0.25) is 5.02 Å². The fraction of sp³-hybridized carbons (Fsp3) is 0.0455. The Labute approximate surface area is 199 Å². The molecule has 0 atom stereocenters. The number of benzene rings is 1. The maximum absolute atomic E-state index is 13.5. The van der Waals surface area contributed by atoms with Gasteiger partial charge in [0.05, 0.1) is 16.8 Å². The number of rotatable bonds is 6. The smallest absolute Gasteiger partial charge is 0.419 e. The monoisotopic (exact) mass is 504 g/mol. The molecule has 0 aliphatic rings. The summed E-state index contributed by atoms with van der Waals surface area (Å²) in [5, 5.41) is 15.3. The number of hydrogen-bond acceptors (Lipinski definition) is 6. The normalized spacial score (nSPS) is 11.7. The van der Waals surface area contributed by atoms with Crippen LogP contribution in [0, 0.1) is 5.82 Å². The number of carboxylic acid groups (broad SMARTS) is 1. The highest BCUT2D eigenvalue weighted by molar-refractivity contribution is 6.31. The number of carbonyl (C=O) groups is 1. The highest BCUT2D eigenvalue weighted by atomic mass is 35.5. The van der Waals surface area contributed by atoms with Crippen LogP contribution in [0.25, 0.3) is 23.0 Å². The summed E-state index contributed by atoms with van der Waals surface area (Å²) in [5.74, 6) is -1.83. The van der Waals surface area contributed by atoms with Gasteiger partial charge in [0.1, 0.15) is 5.82 Å². The van der Waals surface area contributed by atoms with Crippen LogP contribution in [0.4, 0.5) is 29.2 Å². The second-order valence-electron chi connectivity index (χ2n) is 7.03. The number of pyridine rings is 1. The molecule has 3 heterocycles. The van der Waals surface area contributed by atoms with E-state index in [0.29, 0.717) is 23.0 Å². The minimum absolute atomic E-state index is 0.0210. The lowest BCUT2D eigenvalue weighted by molar-refractivity contribution is -0.137. The van der Waals surface area contributed by atoms with Crippen LogP contribution in [0.3, 0.4) is 0 Å². The molecule has 1 aromatic carbocycles. The molecule has 4 aromatic rings. The van der Waals surface area contributed by atoms with Gasteiger partial charge in [-0.2, -0.15) is 23.3 Å². The molecule has 3 aromatic heterocycles. The van der Waals surface area contributed by atoms with Gasteiger partial charge in [-0.05, 0) is 35.9 Å². The van der Waals surface area contributed by atoms with E-state index in [1.165, 1.54) is 36.8 Å². The number of aliphatic carboxylic acids is 1. The lowest BCUT2D eigenvalue weighted by Gasteiger charge is -2.12. The molecule has 35 heavy (non-hydrogen) atoms. The third kappa shape index (κ3) is 5.61. The Bertz CT molecular complexity index is 1440. The zero-order valence-electron chi connectivity index (χ0n) is 17.3. The molecule has 8 nitrogen and oxygen atoms in total. The number of carboxylic acids is 1. The number of aromatic nitrogens is 5. The first-order valence-corrected chi connectivity index (χ1v) is 10.1. The van der Waals surface area contributed by atoms with Crippen LogP contribution >= 0.6 is 11.6 Å². The predicted octanol–water partition coefficient (Wildman–Crippen LogP) is 5.38. The van der Waals surface area contributed by atoms with Crippen LogP contribution in [0.15, 0.2) is 61.3 Å². The van der Waals surface area contributed by atoms with Crippen LogP contribution < -0.4 is 5.32 Å². The number of nitrogens with zero attached hydrogens (tertiary/aromatic N) is 5. The fourth-order valence-electron chi connectivity index (χ4n) is 2.96. The average molecular weight is 505 g/mol. The molecule has 0 aliphatic heterocycles. The van der Waals surface area contributed by atoms with Gasteiger partial charge in [-0.1, -0.05) is 11.6 Å². The molecule has 0 unspecified atom stereocenters. The van der Waals surface area contributed by atoms with Crippen molar-refractivity contribution >= 4 is 35.3 Å². The van der Waals surface area contributed by atoms with E-state index < -0.39 is 23.5 Å². The van der Waals surface area contributed by atoms with E-state index in [9.17, 15) is 22.4 Å². The number of halogens is 5. The SMILES string of the molecule is O=C(O)/C=C/c1cncc(-c2cnc(Nc3ccc(F)c(Cl)c3)nc2-n2cc(C(F)(F)F)cn2)c1. The standard InChI is InChI=1S/C22H13ClF4N6O2/c23-17-6-15(2-3-18(17)24)31-21-29-10-16(13-5-12(7-28-8-13)1-4-19(34)35)20(32-21)33-11-14(9-30-33)22(25,26)27/h1-11H,(H,34,35)(H,29,31,32)/b4-1+. The lowest BCUT2D eigenvalue weighted by Crippen LogP contribution is -2.07. The Balaban J connectivity index is 1.80. The molecular formula is C22H13ClF4N6O2. The topological polar surface area (TPSA) is 106 Å². The summed E-state index contributed by atoms with van der Waals surface area (Å²) in [4.78, 5) is 23.3. The van der Waals surface area contributed by atoms with E-state index in [1.807, 2.05) is 0 Å². The van der Waals surface area contributed by atoms with Crippen molar-refractivity contribution in [2.24, 2.45) is 0 Å². The van der Waals surface area contributed by atoms with Crippen LogP contribution in [-0.4, -0.2) is 35.8 Å². The minimum atomic E-state index is -4.62. The molecule has 0 saturated heterocycles. The van der Waals surface area contributed by atoms with Crippen molar-refractivity contribution in [3.8, 4) is 16.9 Å². The molecule has 2 N–H and O–H groups in total. The summed E-state index contributed by atoms with van der Waals surface area (Å²) in [6.07, 6.45) is 3.20. The van der Waals surface area contributed by atoms with E-state index in [1.54, 1.807) is 6.07 Å². The maximum Gasteiger partial charge on any atom is 0.419 e. The van der Waals surface area contributed by atoms with Gasteiger partial charge in [0.15, 0.2) is 5.82 Å². The average Bonchev–Trinajstić information content (AvgIpc) is 3.31.